The number of fused-ring (bicyclic) bond motifs is 3. The summed E-state index contributed by atoms with van der Waals surface area (Å²) in [5, 5.41) is 13.7. The quantitative estimate of drug-likeness (QED) is 0.514. The zero-order valence-corrected chi connectivity index (χ0v) is 9.25. The largest absolute Gasteiger partial charge is 0.411 e. The predicted molar refractivity (Wildman–Crippen MR) is 64.3 cm³/mol. The number of benzene rings is 1. The van der Waals surface area contributed by atoms with E-state index in [0.717, 1.165) is 36.1 Å². The number of nitrogens with one attached hydrogen (secondary N) is 1. The van der Waals surface area contributed by atoms with Gasteiger partial charge in [0.1, 0.15) is 0 Å². The molecule has 0 spiro atoms. The lowest BCUT2D eigenvalue weighted by Crippen LogP contribution is -2.10. The van der Waals surface area contributed by atoms with Crippen LogP contribution in [0.25, 0.3) is 10.9 Å². The van der Waals surface area contributed by atoms with E-state index in [2.05, 4.69) is 35.3 Å². The van der Waals surface area contributed by atoms with Crippen molar-refractivity contribution >= 4 is 16.6 Å². The Kier molecular flexibility index (Phi) is 1.99. The van der Waals surface area contributed by atoms with Gasteiger partial charge in [-0.3, -0.25) is 0 Å². The molecule has 2 aromatic rings. The van der Waals surface area contributed by atoms with E-state index >= 15 is 0 Å². The van der Waals surface area contributed by atoms with E-state index in [1.807, 2.05) is 0 Å². The average molecular weight is 214 g/mol. The molecular weight excluding hydrogens is 200 g/mol. The highest BCUT2D eigenvalue weighted by atomic mass is 16.4. The molecule has 82 valence electrons. The van der Waals surface area contributed by atoms with Gasteiger partial charge in [0.25, 0.3) is 0 Å². The molecule has 1 aromatic carbocycles. The van der Waals surface area contributed by atoms with Crippen LogP contribution in [0.15, 0.2) is 23.4 Å². The van der Waals surface area contributed by atoms with Crippen LogP contribution in [0.1, 0.15) is 29.7 Å². The zero-order valence-electron chi connectivity index (χ0n) is 9.25. The smallest absolute Gasteiger partial charge is 0.0892 e. The van der Waals surface area contributed by atoms with Gasteiger partial charge in [-0.2, -0.15) is 0 Å². The van der Waals surface area contributed by atoms with Gasteiger partial charge in [-0.05, 0) is 38.3 Å². The number of aromatic nitrogens is 1. The van der Waals surface area contributed by atoms with Crippen LogP contribution in [-0.2, 0) is 6.42 Å². The van der Waals surface area contributed by atoms with Gasteiger partial charge in [-0.15, -0.1) is 0 Å². The Labute approximate surface area is 93.8 Å². The normalized spacial score (nSPS) is 17.9. The molecule has 1 aliphatic carbocycles. The second-order valence-electron chi connectivity index (χ2n) is 4.43. The van der Waals surface area contributed by atoms with E-state index in [9.17, 15) is 0 Å². The van der Waals surface area contributed by atoms with Crippen molar-refractivity contribution < 1.29 is 5.21 Å². The van der Waals surface area contributed by atoms with Crippen LogP contribution in [0.2, 0.25) is 0 Å². The maximum absolute atomic E-state index is 9.06. The molecule has 1 aromatic heterocycles. The van der Waals surface area contributed by atoms with Gasteiger partial charge in [0.05, 0.1) is 5.71 Å². The minimum absolute atomic E-state index is 0.818. The lowest BCUT2D eigenvalue weighted by atomic mass is 9.93. The maximum Gasteiger partial charge on any atom is 0.0892 e. The highest BCUT2D eigenvalue weighted by Crippen LogP contribution is 2.29. The minimum atomic E-state index is 0.818. The second-order valence-corrected chi connectivity index (χ2v) is 4.43. The van der Waals surface area contributed by atoms with E-state index in [-0.39, 0.29) is 0 Å². The Bertz CT molecular complexity index is 581. The Morgan fingerprint density at radius 3 is 3.00 bits per heavy atom. The van der Waals surface area contributed by atoms with Crippen LogP contribution in [0, 0.1) is 6.92 Å². The first-order valence-electron chi connectivity index (χ1n) is 5.62. The summed E-state index contributed by atoms with van der Waals surface area (Å²) >= 11 is 0. The highest BCUT2D eigenvalue weighted by Gasteiger charge is 2.21. The number of H-pyrrole nitrogens is 1. The van der Waals surface area contributed by atoms with Crippen molar-refractivity contribution in [3.8, 4) is 0 Å². The predicted octanol–water partition coefficient (Wildman–Crippen LogP) is 2.99. The van der Waals surface area contributed by atoms with Crippen molar-refractivity contribution in [3.05, 3.63) is 35.0 Å². The first-order valence-corrected chi connectivity index (χ1v) is 5.62. The van der Waals surface area contributed by atoms with Gasteiger partial charge in [0.15, 0.2) is 0 Å². The van der Waals surface area contributed by atoms with Gasteiger partial charge in [0, 0.05) is 22.2 Å². The van der Waals surface area contributed by atoms with Crippen LogP contribution in [-0.4, -0.2) is 15.9 Å². The number of aryl methyl sites for hydroxylation is 2. The molecule has 1 aliphatic rings. The van der Waals surface area contributed by atoms with E-state index in [0.29, 0.717) is 0 Å². The number of aromatic amines is 1. The third-order valence-electron chi connectivity index (χ3n) is 3.28. The fourth-order valence-corrected chi connectivity index (χ4v) is 2.54. The average Bonchev–Trinajstić information content (AvgIpc) is 2.66. The molecule has 2 N–H and O–H groups in total. The first kappa shape index (κ1) is 9.46. The molecule has 0 radical (unpaired) electrons. The summed E-state index contributed by atoms with van der Waals surface area (Å²) in [7, 11) is 0. The topological polar surface area (TPSA) is 48.4 Å². The molecule has 0 fully saturated rings. The minimum Gasteiger partial charge on any atom is -0.411 e. The van der Waals surface area contributed by atoms with Crippen LogP contribution in [0.4, 0.5) is 0 Å². The van der Waals surface area contributed by atoms with Gasteiger partial charge in [-0.1, -0.05) is 16.8 Å². The number of hydrogen-bond donors (Lipinski definition) is 2. The Morgan fingerprint density at radius 2 is 2.19 bits per heavy atom. The monoisotopic (exact) mass is 214 g/mol. The Hall–Kier alpha value is -1.77. The Balaban J connectivity index is 2.36. The number of oxime groups is 1. The molecule has 3 rings (SSSR count). The van der Waals surface area contributed by atoms with Crippen molar-refractivity contribution in [1.82, 2.24) is 4.98 Å². The van der Waals surface area contributed by atoms with Gasteiger partial charge < -0.3 is 10.2 Å². The van der Waals surface area contributed by atoms with E-state index in [1.165, 1.54) is 16.6 Å². The van der Waals surface area contributed by atoms with Crippen LogP contribution in [0.5, 0.6) is 0 Å². The lowest BCUT2D eigenvalue weighted by molar-refractivity contribution is 0.317. The molecule has 16 heavy (non-hydrogen) atoms. The molecule has 0 atom stereocenters. The molecule has 0 saturated heterocycles. The molecule has 3 heteroatoms. The fourth-order valence-electron chi connectivity index (χ4n) is 2.54. The summed E-state index contributed by atoms with van der Waals surface area (Å²) in [5.41, 5.74) is 5.51. The fraction of sp³-hybridized carbons (Fsp3) is 0.308. The summed E-state index contributed by atoms with van der Waals surface area (Å²) in [4.78, 5) is 3.42. The second kappa shape index (κ2) is 3.37. The summed E-state index contributed by atoms with van der Waals surface area (Å²) in [6.07, 6.45) is 2.96. The first-order chi connectivity index (χ1) is 7.79. The van der Waals surface area contributed by atoms with Crippen molar-refractivity contribution in [2.24, 2.45) is 5.16 Å². The van der Waals surface area contributed by atoms with Crippen molar-refractivity contribution in [2.75, 3.05) is 0 Å². The summed E-state index contributed by atoms with van der Waals surface area (Å²) in [6, 6.07) is 6.35. The van der Waals surface area contributed by atoms with Crippen molar-refractivity contribution in [1.29, 1.82) is 0 Å². The number of nitrogens with zero attached hydrogens (tertiary/aromatic N) is 1. The lowest BCUT2D eigenvalue weighted by Gasteiger charge is -2.12. The van der Waals surface area contributed by atoms with Crippen LogP contribution < -0.4 is 0 Å². The van der Waals surface area contributed by atoms with E-state index in [1.54, 1.807) is 0 Å². The molecular formula is C13H14N2O. The molecule has 0 saturated carbocycles. The van der Waals surface area contributed by atoms with E-state index < -0.39 is 0 Å². The molecule has 0 aliphatic heterocycles. The zero-order chi connectivity index (χ0) is 11.1. The standard InChI is InChI=1S/C13H14N2O/c1-8-5-6-10-9(7-8)13-11(14-10)3-2-4-12(13)15-16/h5-7,14,16H,2-4H2,1H3/b15-12+. The maximum atomic E-state index is 9.06. The van der Waals surface area contributed by atoms with Gasteiger partial charge in [0.2, 0.25) is 0 Å². The van der Waals surface area contributed by atoms with Crippen molar-refractivity contribution in [2.45, 2.75) is 26.2 Å². The third kappa shape index (κ3) is 1.24. The summed E-state index contributed by atoms with van der Waals surface area (Å²) in [6.45, 7) is 2.08. The third-order valence-corrected chi connectivity index (χ3v) is 3.28. The SMILES string of the molecule is Cc1ccc2[nH]c3c(c2c1)/C(=N/O)CCC3. The number of rotatable bonds is 0. The molecule has 0 unspecified atom stereocenters. The van der Waals surface area contributed by atoms with Gasteiger partial charge in [-0.25, -0.2) is 0 Å². The van der Waals surface area contributed by atoms with Crippen molar-refractivity contribution in [3.63, 3.8) is 0 Å². The molecule has 0 bridgehead atoms. The number of hydrogen-bond acceptors (Lipinski definition) is 2. The molecule has 3 nitrogen and oxygen atoms in total. The Morgan fingerprint density at radius 1 is 1.31 bits per heavy atom. The summed E-state index contributed by atoms with van der Waals surface area (Å²) < 4.78 is 0. The van der Waals surface area contributed by atoms with Crippen LogP contribution in [0.3, 0.4) is 0 Å². The van der Waals surface area contributed by atoms with E-state index in [4.69, 9.17) is 5.21 Å². The molecule has 1 heterocycles. The highest BCUT2D eigenvalue weighted by molar-refractivity contribution is 6.12. The van der Waals surface area contributed by atoms with Crippen LogP contribution >= 0.6 is 0 Å². The summed E-state index contributed by atoms with van der Waals surface area (Å²) in [5.74, 6) is 0. The molecule has 0 amide bonds. The van der Waals surface area contributed by atoms with Gasteiger partial charge >= 0.3 is 0 Å².